The van der Waals surface area contributed by atoms with E-state index in [2.05, 4.69) is 20.3 Å². The molecule has 6 aromatic rings. The maximum Gasteiger partial charge on any atom is 0.271 e. The van der Waals surface area contributed by atoms with E-state index in [1.54, 1.807) is 43.1 Å². The first kappa shape index (κ1) is 31.5. The molecule has 2 N–H and O–H groups in total. The first-order valence-corrected chi connectivity index (χ1v) is 15.5. The van der Waals surface area contributed by atoms with Gasteiger partial charge in [0, 0.05) is 5.56 Å². The van der Waals surface area contributed by atoms with Crippen LogP contribution in [0.1, 0.15) is 33.1 Å². The van der Waals surface area contributed by atoms with Gasteiger partial charge in [-0.15, -0.1) is 0 Å². The number of amides is 2. The van der Waals surface area contributed by atoms with E-state index in [-0.39, 0.29) is 18.3 Å². The van der Waals surface area contributed by atoms with Gasteiger partial charge in [0.1, 0.15) is 35.5 Å². The van der Waals surface area contributed by atoms with Gasteiger partial charge in [-0.3, -0.25) is 14.8 Å². The number of hydroxylamine groups is 2. The molecule has 3 heterocycles. The molecule has 246 valence electrons. The van der Waals surface area contributed by atoms with Gasteiger partial charge >= 0.3 is 0 Å². The highest BCUT2D eigenvalue weighted by Gasteiger charge is 2.51. The number of carbonyl (C=O) groups is 2. The molecule has 4 aromatic carbocycles. The van der Waals surface area contributed by atoms with Gasteiger partial charge in [-0.25, -0.2) is 20.0 Å². The van der Waals surface area contributed by atoms with Crippen molar-refractivity contribution in [1.29, 1.82) is 0 Å². The summed E-state index contributed by atoms with van der Waals surface area (Å²) in [7, 11) is 3.21. The largest absolute Gasteiger partial charge is 0.497 e. The Morgan fingerprint density at radius 2 is 1.37 bits per heavy atom. The maximum atomic E-state index is 13.3. The summed E-state index contributed by atoms with van der Waals surface area (Å²) in [6.45, 7) is -0.0811. The molecule has 0 saturated carbocycles. The second-order valence-electron chi connectivity index (χ2n) is 11.4. The second-order valence-corrected chi connectivity index (χ2v) is 11.4. The fourth-order valence-corrected chi connectivity index (χ4v) is 6.18. The fraction of sp³-hybridized carbons (Fsp3) is 0.162. The standard InChI is InChI=1S/C37H32N6O6/c1-47-28-17-13-26(14-18-28)37(25-11-7-4-8-12-25,27-15-19-29(48-2)20-16-27)49-21-30-32(36(45)43(30)46)42-23-40-31-33(38-22-39-34(31)42)41-35(44)24-9-5-3-6-10-24/h3-20,22-23,30,32,46H,21H2,1-2H3,(H,38,39,41,44). The summed E-state index contributed by atoms with van der Waals surface area (Å²) >= 11 is 0. The number of aromatic nitrogens is 4. The van der Waals surface area contributed by atoms with E-state index in [1.807, 2.05) is 84.9 Å². The number of nitrogens with zero attached hydrogens (tertiary/aromatic N) is 5. The smallest absolute Gasteiger partial charge is 0.271 e. The van der Waals surface area contributed by atoms with E-state index in [9.17, 15) is 14.8 Å². The first-order chi connectivity index (χ1) is 23.9. The number of benzene rings is 4. The SMILES string of the molecule is COc1ccc(C(OCC2C(n3cnc4c(NC(=O)c5ccccc5)ncnc43)C(=O)N2O)(c2ccccc2)c2ccc(OC)cc2)cc1. The third-order valence-electron chi connectivity index (χ3n) is 8.73. The molecule has 2 atom stereocenters. The van der Waals surface area contributed by atoms with Gasteiger partial charge in [0.05, 0.1) is 27.2 Å². The summed E-state index contributed by atoms with van der Waals surface area (Å²) in [5, 5.41) is 14.4. The van der Waals surface area contributed by atoms with Crippen LogP contribution in [0, 0.1) is 0 Å². The third-order valence-corrected chi connectivity index (χ3v) is 8.73. The third kappa shape index (κ3) is 5.62. The predicted octanol–water partition coefficient (Wildman–Crippen LogP) is 5.25. The summed E-state index contributed by atoms with van der Waals surface area (Å²) in [5.74, 6) is 0.637. The molecule has 1 aliphatic rings. The first-order valence-electron chi connectivity index (χ1n) is 15.5. The molecule has 0 spiro atoms. The lowest BCUT2D eigenvalue weighted by atomic mass is 9.79. The van der Waals surface area contributed by atoms with E-state index in [0.29, 0.717) is 33.3 Å². The zero-order valence-electron chi connectivity index (χ0n) is 26.6. The highest BCUT2D eigenvalue weighted by molar-refractivity contribution is 6.06. The van der Waals surface area contributed by atoms with E-state index in [0.717, 1.165) is 16.7 Å². The zero-order valence-corrected chi connectivity index (χ0v) is 26.6. The Labute approximate surface area is 281 Å². The van der Waals surface area contributed by atoms with Crippen LogP contribution in [0.2, 0.25) is 0 Å². The minimum atomic E-state index is -1.17. The molecular weight excluding hydrogens is 624 g/mol. The van der Waals surface area contributed by atoms with Crippen molar-refractivity contribution in [2.24, 2.45) is 0 Å². The molecule has 1 saturated heterocycles. The van der Waals surface area contributed by atoms with Crippen LogP contribution in [0.5, 0.6) is 11.5 Å². The molecule has 49 heavy (non-hydrogen) atoms. The summed E-state index contributed by atoms with van der Waals surface area (Å²) in [4.78, 5) is 39.2. The number of hydrogen-bond acceptors (Lipinski definition) is 9. The van der Waals surface area contributed by atoms with Crippen LogP contribution in [0.25, 0.3) is 11.2 Å². The number of rotatable bonds is 11. The summed E-state index contributed by atoms with van der Waals surface area (Å²) in [5.41, 5.74) is 2.33. The molecule has 2 aromatic heterocycles. The number of hydrogen-bond donors (Lipinski definition) is 2. The average Bonchev–Trinajstić information content (AvgIpc) is 3.59. The van der Waals surface area contributed by atoms with E-state index in [1.165, 1.54) is 12.7 Å². The Morgan fingerprint density at radius 1 is 0.796 bits per heavy atom. The number of fused-ring (bicyclic) bond motifs is 1. The average molecular weight is 657 g/mol. The molecule has 0 bridgehead atoms. The lowest BCUT2D eigenvalue weighted by Gasteiger charge is -2.45. The summed E-state index contributed by atoms with van der Waals surface area (Å²) in [6, 6.07) is 31.9. The Bertz CT molecular complexity index is 2040. The number of methoxy groups -OCH3 is 2. The summed E-state index contributed by atoms with van der Waals surface area (Å²) < 4.78 is 19.4. The van der Waals surface area contributed by atoms with Crippen LogP contribution in [0.15, 0.2) is 122 Å². The van der Waals surface area contributed by atoms with Crippen LogP contribution >= 0.6 is 0 Å². The van der Waals surface area contributed by atoms with Gasteiger partial charge < -0.3 is 24.1 Å². The Balaban J connectivity index is 1.25. The molecule has 12 heteroatoms. The maximum absolute atomic E-state index is 13.3. The molecule has 0 radical (unpaired) electrons. The highest BCUT2D eigenvalue weighted by Crippen LogP contribution is 2.43. The quantitative estimate of drug-likeness (QED) is 0.109. The van der Waals surface area contributed by atoms with Crippen molar-refractivity contribution in [2.45, 2.75) is 17.7 Å². The molecule has 12 nitrogen and oxygen atoms in total. The number of ether oxygens (including phenoxy) is 3. The molecule has 2 unspecified atom stereocenters. The zero-order chi connectivity index (χ0) is 34.0. The van der Waals surface area contributed by atoms with Gasteiger partial charge in [-0.05, 0) is 53.1 Å². The van der Waals surface area contributed by atoms with Gasteiger partial charge in [-0.2, -0.15) is 0 Å². The van der Waals surface area contributed by atoms with Crippen molar-refractivity contribution >= 4 is 28.8 Å². The molecule has 1 fully saturated rings. The van der Waals surface area contributed by atoms with Gasteiger partial charge in [0.15, 0.2) is 17.0 Å². The molecule has 7 rings (SSSR count). The van der Waals surface area contributed by atoms with Gasteiger partial charge in [0.2, 0.25) is 0 Å². The predicted molar refractivity (Wildman–Crippen MR) is 179 cm³/mol. The van der Waals surface area contributed by atoms with Gasteiger partial charge in [-0.1, -0.05) is 72.8 Å². The fourth-order valence-electron chi connectivity index (χ4n) is 6.18. The van der Waals surface area contributed by atoms with Crippen molar-refractivity contribution < 1.29 is 29.0 Å². The van der Waals surface area contributed by atoms with Crippen LogP contribution in [0.4, 0.5) is 5.82 Å². The molecule has 1 aliphatic heterocycles. The molecule has 0 aliphatic carbocycles. The van der Waals surface area contributed by atoms with Crippen LogP contribution in [-0.4, -0.2) is 68.5 Å². The molecule has 2 amide bonds. The Hall–Kier alpha value is -6.11. The number of imidazole rings is 1. The lowest BCUT2D eigenvalue weighted by Crippen LogP contribution is -2.62. The van der Waals surface area contributed by atoms with Crippen molar-refractivity contribution in [2.75, 3.05) is 26.1 Å². The van der Waals surface area contributed by atoms with E-state index >= 15 is 0 Å². The van der Waals surface area contributed by atoms with Crippen molar-refractivity contribution in [3.05, 3.63) is 144 Å². The minimum Gasteiger partial charge on any atom is -0.497 e. The van der Waals surface area contributed by atoms with E-state index < -0.39 is 23.6 Å². The second kappa shape index (κ2) is 13.2. The normalized spacial score (nSPS) is 15.9. The minimum absolute atomic E-state index is 0.0811. The number of β-lactam (4-membered cyclic amide) rings is 1. The Morgan fingerprint density at radius 3 is 1.96 bits per heavy atom. The topological polar surface area (TPSA) is 141 Å². The molecular formula is C37H32N6O6. The van der Waals surface area contributed by atoms with Crippen molar-refractivity contribution in [3.63, 3.8) is 0 Å². The van der Waals surface area contributed by atoms with Crippen molar-refractivity contribution in [3.8, 4) is 11.5 Å². The number of carbonyl (C=O) groups excluding carboxylic acids is 2. The van der Waals surface area contributed by atoms with Gasteiger partial charge in [0.25, 0.3) is 11.8 Å². The Kier molecular flexibility index (Phi) is 8.47. The van der Waals surface area contributed by atoms with Crippen LogP contribution in [0.3, 0.4) is 0 Å². The highest BCUT2D eigenvalue weighted by atomic mass is 16.5. The van der Waals surface area contributed by atoms with Crippen LogP contribution in [-0.2, 0) is 15.1 Å². The van der Waals surface area contributed by atoms with Crippen LogP contribution < -0.4 is 14.8 Å². The summed E-state index contributed by atoms with van der Waals surface area (Å²) in [6.07, 6.45) is 2.75. The lowest BCUT2D eigenvalue weighted by molar-refractivity contribution is -0.226. The number of nitrogens with one attached hydrogen (secondary N) is 1. The van der Waals surface area contributed by atoms with Crippen molar-refractivity contribution in [1.82, 2.24) is 24.6 Å². The monoisotopic (exact) mass is 656 g/mol. The van der Waals surface area contributed by atoms with E-state index in [4.69, 9.17) is 14.2 Å². The number of anilines is 1.